The van der Waals surface area contributed by atoms with Crippen molar-refractivity contribution >= 4 is 11.7 Å². The molecule has 2 aliphatic rings. The van der Waals surface area contributed by atoms with Gasteiger partial charge in [0.15, 0.2) is 0 Å². The lowest BCUT2D eigenvalue weighted by molar-refractivity contribution is 0.0406. The maximum atomic E-state index is 13.0. The van der Waals surface area contributed by atoms with E-state index in [1.54, 1.807) is 13.3 Å². The van der Waals surface area contributed by atoms with Crippen molar-refractivity contribution < 1.29 is 14.3 Å². The largest absolute Gasteiger partial charge is 0.497 e. The number of carbonyl (C=O) groups is 1. The van der Waals surface area contributed by atoms with Crippen LogP contribution in [0.4, 0.5) is 5.82 Å². The molecule has 0 N–H and O–H groups in total. The Bertz CT molecular complexity index is 820. The minimum Gasteiger partial charge on any atom is -0.497 e. The van der Waals surface area contributed by atoms with Gasteiger partial charge in [0.25, 0.3) is 5.91 Å². The molecule has 1 aromatic heterocycles. The molecule has 1 amide bonds. The number of methoxy groups -OCH3 is 1. The van der Waals surface area contributed by atoms with Gasteiger partial charge in [-0.25, -0.2) is 4.98 Å². The molecule has 2 aromatic rings. The summed E-state index contributed by atoms with van der Waals surface area (Å²) in [5, 5.41) is 0. The molecule has 148 valence electrons. The van der Waals surface area contributed by atoms with Gasteiger partial charge in [-0.05, 0) is 42.7 Å². The summed E-state index contributed by atoms with van der Waals surface area (Å²) in [4.78, 5) is 21.7. The summed E-state index contributed by atoms with van der Waals surface area (Å²) in [6.45, 7) is 3.77. The average Bonchev–Trinajstić information content (AvgIpc) is 3.28. The van der Waals surface area contributed by atoms with E-state index < -0.39 is 0 Å². The summed E-state index contributed by atoms with van der Waals surface area (Å²) >= 11 is 0. The first-order valence-corrected chi connectivity index (χ1v) is 9.98. The van der Waals surface area contributed by atoms with E-state index in [1.165, 1.54) is 5.56 Å². The van der Waals surface area contributed by atoms with Crippen LogP contribution < -0.4 is 9.64 Å². The SMILES string of the molecule is COc1cccc(CC2CN(c3ncccc3C(=O)N3CCCC3)CCO2)c1. The third-order valence-corrected chi connectivity index (χ3v) is 5.45. The molecule has 6 nitrogen and oxygen atoms in total. The van der Waals surface area contributed by atoms with Crippen LogP contribution >= 0.6 is 0 Å². The summed E-state index contributed by atoms with van der Waals surface area (Å²) in [5.74, 6) is 1.73. The van der Waals surface area contributed by atoms with Crippen LogP contribution in [0.3, 0.4) is 0 Å². The highest BCUT2D eigenvalue weighted by Gasteiger charge is 2.28. The predicted molar refractivity (Wildman–Crippen MR) is 108 cm³/mol. The van der Waals surface area contributed by atoms with Crippen LogP contribution in [0.15, 0.2) is 42.6 Å². The van der Waals surface area contributed by atoms with Gasteiger partial charge in [-0.15, -0.1) is 0 Å². The fourth-order valence-corrected chi connectivity index (χ4v) is 4.00. The van der Waals surface area contributed by atoms with Gasteiger partial charge in [-0.1, -0.05) is 12.1 Å². The molecular formula is C22H27N3O3. The van der Waals surface area contributed by atoms with E-state index in [0.29, 0.717) is 18.7 Å². The number of likely N-dealkylation sites (tertiary alicyclic amines) is 1. The highest BCUT2D eigenvalue weighted by Crippen LogP contribution is 2.24. The van der Waals surface area contributed by atoms with E-state index >= 15 is 0 Å². The topological polar surface area (TPSA) is 54.9 Å². The van der Waals surface area contributed by atoms with E-state index in [2.05, 4.69) is 16.0 Å². The lowest BCUT2D eigenvalue weighted by Gasteiger charge is -2.35. The molecule has 1 atom stereocenters. The van der Waals surface area contributed by atoms with Gasteiger partial charge >= 0.3 is 0 Å². The van der Waals surface area contributed by atoms with Crippen LogP contribution in [0.25, 0.3) is 0 Å². The molecule has 0 saturated carbocycles. The molecule has 0 bridgehead atoms. The van der Waals surface area contributed by atoms with Gasteiger partial charge in [-0.2, -0.15) is 0 Å². The van der Waals surface area contributed by atoms with Gasteiger partial charge in [0, 0.05) is 38.8 Å². The number of carbonyl (C=O) groups excluding carboxylic acids is 1. The van der Waals surface area contributed by atoms with E-state index in [4.69, 9.17) is 9.47 Å². The molecule has 28 heavy (non-hydrogen) atoms. The number of morpholine rings is 1. The fraction of sp³-hybridized carbons (Fsp3) is 0.455. The van der Waals surface area contributed by atoms with Crippen molar-refractivity contribution in [2.75, 3.05) is 44.8 Å². The molecule has 1 aromatic carbocycles. The van der Waals surface area contributed by atoms with Crippen LogP contribution in [-0.2, 0) is 11.2 Å². The number of ether oxygens (including phenoxy) is 2. The number of anilines is 1. The van der Waals surface area contributed by atoms with Gasteiger partial charge in [0.05, 0.1) is 25.4 Å². The standard InChI is InChI=1S/C22H27N3O3/c1-27-18-7-4-6-17(14-18)15-19-16-25(12-13-28-19)21-20(8-5-9-23-21)22(26)24-10-2-3-11-24/h4-9,14,19H,2-3,10-13,15-16H2,1H3. The number of hydrogen-bond acceptors (Lipinski definition) is 5. The van der Waals surface area contributed by atoms with Crippen molar-refractivity contribution in [1.82, 2.24) is 9.88 Å². The van der Waals surface area contributed by atoms with Crippen molar-refractivity contribution in [2.24, 2.45) is 0 Å². The normalized spacial score (nSPS) is 19.7. The first-order chi connectivity index (χ1) is 13.7. The average molecular weight is 381 g/mol. The maximum absolute atomic E-state index is 13.0. The Kier molecular flexibility index (Phi) is 5.76. The Balaban J connectivity index is 1.49. The first kappa shape index (κ1) is 18.7. The Hall–Kier alpha value is -2.60. The molecule has 0 radical (unpaired) electrons. The number of nitrogens with zero attached hydrogens (tertiary/aromatic N) is 3. The third-order valence-electron chi connectivity index (χ3n) is 5.45. The molecule has 3 heterocycles. The lowest BCUT2D eigenvalue weighted by Crippen LogP contribution is -2.44. The van der Waals surface area contributed by atoms with Crippen LogP contribution in [0.5, 0.6) is 5.75 Å². The summed E-state index contributed by atoms with van der Waals surface area (Å²) in [6.07, 6.45) is 4.79. The molecule has 0 spiro atoms. The van der Waals surface area contributed by atoms with Crippen molar-refractivity contribution in [3.8, 4) is 5.75 Å². The zero-order valence-corrected chi connectivity index (χ0v) is 16.3. The molecule has 0 aliphatic carbocycles. The van der Waals surface area contributed by atoms with Crippen LogP contribution in [0.1, 0.15) is 28.8 Å². The molecule has 1 unspecified atom stereocenters. The Morgan fingerprint density at radius 3 is 2.89 bits per heavy atom. The van der Waals surface area contributed by atoms with Crippen LogP contribution in [0, 0.1) is 0 Å². The molecular weight excluding hydrogens is 354 g/mol. The maximum Gasteiger partial charge on any atom is 0.257 e. The van der Waals surface area contributed by atoms with Crippen molar-refractivity contribution in [2.45, 2.75) is 25.4 Å². The second-order valence-electron chi connectivity index (χ2n) is 7.37. The van der Waals surface area contributed by atoms with Crippen molar-refractivity contribution in [3.63, 3.8) is 0 Å². The number of hydrogen-bond donors (Lipinski definition) is 0. The number of aromatic nitrogens is 1. The van der Waals surface area contributed by atoms with Gasteiger partial charge in [-0.3, -0.25) is 4.79 Å². The molecule has 6 heteroatoms. The number of benzene rings is 1. The predicted octanol–water partition coefficient (Wildman–Crippen LogP) is 2.77. The molecule has 4 rings (SSSR count). The monoisotopic (exact) mass is 381 g/mol. The highest BCUT2D eigenvalue weighted by molar-refractivity contribution is 5.99. The van der Waals surface area contributed by atoms with Crippen LogP contribution in [0.2, 0.25) is 0 Å². The second kappa shape index (κ2) is 8.61. The van der Waals surface area contributed by atoms with E-state index in [0.717, 1.165) is 50.5 Å². The highest BCUT2D eigenvalue weighted by atomic mass is 16.5. The minimum absolute atomic E-state index is 0.0533. The summed E-state index contributed by atoms with van der Waals surface area (Å²) < 4.78 is 11.3. The summed E-state index contributed by atoms with van der Waals surface area (Å²) in [6, 6.07) is 11.8. The van der Waals surface area contributed by atoms with Crippen molar-refractivity contribution in [1.29, 1.82) is 0 Å². The zero-order valence-electron chi connectivity index (χ0n) is 16.3. The van der Waals surface area contributed by atoms with Crippen LogP contribution in [-0.4, -0.2) is 61.8 Å². The number of amides is 1. The second-order valence-corrected chi connectivity index (χ2v) is 7.37. The Morgan fingerprint density at radius 2 is 2.07 bits per heavy atom. The zero-order chi connectivity index (χ0) is 19.3. The molecule has 2 fully saturated rings. The number of pyridine rings is 1. The lowest BCUT2D eigenvalue weighted by atomic mass is 10.1. The fourth-order valence-electron chi connectivity index (χ4n) is 4.00. The third kappa shape index (κ3) is 4.12. The van der Waals surface area contributed by atoms with E-state index in [-0.39, 0.29) is 12.0 Å². The smallest absolute Gasteiger partial charge is 0.257 e. The summed E-state index contributed by atoms with van der Waals surface area (Å²) in [7, 11) is 1.68. The first-order valence-electron chi connectivity index (χ1n) is 9.98. The van der Waals surface area contributed by atoms with E-state index in [1.807, 2.05) is 35.2 Å². The van der Waals surface area contributed by atoms with Crippen molar-refractivity contribution in [3.05, 3.63) is 53.7 Å². The Morgan fingerprint density at radius 1 is 1.21 bits per heavy atom. The van der Waals surface area contributed by atoms with Gasteiger partial charge in [0.1, 0.15) is 11.6 Å². The Labute approximate surface area is 166 Å². The number of rotatable bonds is 5. The molecule has 2 saturated heterocycles. The summed E-state index contributed by atoms with van der Waals surface area (Å²) in [5.41, 5.74) is 1.88. The van der Waals surface area contributed by atoms with Gasteiger partial charge in [0.2, 0.25) is 0 Å². The van der Waals surface area contributed by atoms with E-state index in [9.17, 15) is 4.79 Å². The quantitative estimate of drug-likeness (QED) is 0.797. The minimum atomic E-state index is 0.0533. The molecule has 2 aliphatic heterocycles. The van der Waals surface area contributed by atoms with Gasteiger partial charge < -0.3 is 19.3 Å².